The average molecular weight is 388 g/mol. The number of carbonyl (C=O) groups is 1. The molecule has 0 saturated heterocycles. The summed E-state index contributed by atoms with van der Waals surface area (Å²) in [5.41, 5.74) is 7.95. The average Bonchev–Trinajstić information content (AvgIpc) is 2.87. The van der Waals surface area contributed by atoms with Crippen LogP contribution < -0.4 is 5.73 Å². The number of halogens is 2. The van der Waals surface area contributed by atoms with Crippen molar-refractivity contribution < 1.29 is 4.79 Å². The van der Waals surface area contributed by atoms with Crippen LogP contribution in [0.3, 0.4) is 0 Å². The number of rotatable bonds is 4. The number of hydrogen-bond donors (Lipinski definition) is 1. The van der Waals surface area contributed by atoms with Crippen LogP contribution >= 0.6 is 28.3 Å². The number of likely N-dealkylation sites (N-methyl/N-ethyl adjacent to an activating group) is 1. The highest BCUT2D eigenvalue weighted by Gasteiger charge is 2.21. The van der Waals surface area contributed by atoms with Gasteiger partial charge in [0.25, 0.3) is 5.91 Å². The minimum atomic E-state index is -0.0613. The summed E-state index contributed by atoms with van der Waals surface area (Å²) in [6.07, 6.45) is 1.61. The Morgan fingerprint density at radius 1 is 1.41 bits per heavy atom. The standard InChI is InChI=1S/C15H19BrN4O.ClH/c1-10(8-17)19(3)15(21)14-9-18-20(11(14)2)13-6-4-12(16)5-7-13;/h4-7,9-10H,8,17H2,1-3H3;1H. The third-order valence-electron chi connectivity index (χ3n) is 3.63. The molecule has 5 nitrogen and oxygen atoms in total. The Bertz CT molecular complexity index is 641. The second kappa shape index (κ2) is 7.76. The van der Waals surface area contributed by atoms with Crippen LogP contribution in [-0.2, 0) is 0 Å². The van der Waals surface area contributed by atoms with E-state index in [1.165, 1.54) is 0 Å². The smallest absolute Gasteiger partial charge is 0.257 e. The van der Waals surface area contributed by atoms with Crippen LogP contribution in [0, 0.1) is 6.92 Å². The van der Waals surface area contributed by atoms with E-state index in [1.54, 1.807) is 22.8 Å². The largest absolute Gasteiger partial charge is 0.338 e. The topological polar surface area (TPSA) is 64.2 Å². The molecule has 1 atom stereocenters. The molecule has 1 aromatic carbocycles. The van der Waals surface area contributed by atoms with Crippen molar-refractivity contribution in [3.63, 3.8) is 0 Å². The molecule has 1 aromatic heterocycles. The van der Waals surface area contributed by atoms with E-state index in [0.29, 0.717) is 12.1 Å². The summed E-state index contributed by atoms with van der Waals surface area (Å²) in [4.78, 5) is 14.1. The van der Waals surface area contributed by atoms with Crippen molar-refractivity contribution in [3.8, 4) is 5.69 Å². The zero-order valence-electron chi connectivity index (χ0n) is 12.8. The maximum Gasteiger partial charge on any atom is 0.257 e. The number of aromatic nitrogens is 2. The van der Waals surface area contributed by atoms with Gasteiger partial charge in [0, 0.05) is 24.1 Å². The second-order valence-electron chi connectivity index (χ2n) is 5.03. The highest BCUT2D eigenvalue weighted by Crippen LogP contribution is 2.18. The predicted octanol–water partition coefficient (Wildman–Crippen LogP) is 2.78. The third-order valence-corrected chi connectivity index (χ3v) is 4.16. The number of carbonyl (C=O) groups excluding carboxylic acids is 1. The number of nitrogens with two attached hydrogens (primary N) is 1. The molecule has 120 valence electrons. The molecule has 0 radical (unpaired) electrons. The summed E-state index contributed by atoms with van der Waals surface area (Å²) in [6, 6.07) is 7.78. The zero-order chi connectivity index (χ0) is 15.6. The number of hydrogen-bond acceptors (Lipinski definition) is 3. The monoisotopic (exact) mass is 386 g/mol. The van der Waals surface area contributed by atoms with Gasteiger partial charge in [-0.2, -0.15) is 5.10 Å². The molecule has 0 aliphatic carbocycles. The molecule has 0 spiro atoms. The highest BCUT2D eigenvalue weighted by molar-refractivity contribution is 9.10. The molecule has 0 aliphatic rings. The first-order valence-corrected chi connectivity index (χ1v) is 7.52. The van der Waals surface area contributed by atoms with Gasteiger partial charge in [0.15, 0.2) is 0 Å². The van der Waals surface area contributed by atoms with Gasteiger partial charge in [-0.05, 0) is 38.1 Å². The lowest BCUT2D eigenvalue weighted by molar-refractivity contribution is 0.0747. The van der Waals surface area contributed by atoms with Crippen LogP contribution in [-0.4, -0.2) is 40.2 Å². The van der Waals surface area contributed by atoms with Crippen LogP contribution in [0.15, 0.2) is 34.9 Å². The fourth-order valence-corrected chi connectivity index (χ4v) is 2.27. The van der Waals surface area contributed by atoms with E-state index in [2.05, 4.69) is 21.0 Å². The van der Waals surface area contributed by atoms with E-state index in [4.69, 9.17) is 5.73 Å². The molecular formula is C15H20BrClN4O. The van der Waals surface area contributed by atoms with Crippen molar-refractivity contribution in [2.24, 2.45) is 5.73 Å². The van der Waals surface area contributed by atoms with Gasteiger partial charge in [-0.15, -0.1) is 12.4 Å². The first-order valence-electron chi connectivity index (χ1n) is 6.73. The first-order chi connectivity index (χ1) is 9.95. The van der Waals surface area contributed by atoms with E-state index < -0.39 is 0 Å². The molecule has 0 saturated carbocycles. The fourth-order valence-electron chi connectivity index (χ4n) is 2.01. The van der Waals surface area contributed by atoms with Crippen molar-refractivity contribution in [3.05, 3.63) is 46.2 Å². The van der Waals surface area contributed by atoms with Gasteiger partial charge in [-0.1, -0.05) is 15.9 Å². The highest BCUT2D eigenvalue weighted by atomic mass is 79.9. The summed E-state index contributed by atoms with van der Waals surface area (Å²) < 4.78 is 2.77. The zero-order valence-corrected chi connectivity index (χ0v) is 15.2. The maximum absolute atomic E-state index is 12.5. The quantitative estimate of drug-likeness (QED) is 0.877. The minimum Gasteiger partial charge on any atom is -0.338 e. The Labute approximate surface area is 145 Å². The Hall–Kier alpha value is -1.37. The molecule has 1 unspecified atom stereocenters. The summed E-state index contributed by atoms with van der Waals surface area (Å²) in [6.45, 7) is 4.25. The van der Waals surface area contributed by atoms with Gasteiger partial charge in [0.05, 0.1) is 23.1 Å². The lowest BCUT2D eigenvalue weighted by Gasteiger charge is -2.23. The molecule has 2 aromatic rings. The van der Waals surface area contributed by atoms with Gasteiger partial charge < -0.3 is 10.6 Å². The molecule has 22 heavy (non-hydrogen) atoms. The van der Waals surface area contributed by atoms with Crippen LogP contribution in [0.25, 0.3) is 5.69 Å². The van der Waals surface area contributed by atoms with Gasteiger partial charge in [0.2, 0.25) is 0 Å². The Morgan fingerprint density at radius 3 is 2.55 bits per heavy atom. The summed E-state index contributed by atoms with van der Waals surface area (Å²) in [5, 5.41) is 4.33. The molecule has 0 bridgehead atoms. The summed E-state index contributed by atoms with van der Waals surface area (Å²) in [5.74, 6) is -0.0613. The van der Waals surface area contributed by atoms with Crippen LogP contribution in [0.4, 0.5) is 0 Å². The third kappa shape index (κ3) is 3.69. The molecule has 1 heterocycles. The van der Waals surface area contributed by atoms with Crippen molar-refractivity contribution in [2.75, 3.05) is 13.6 Å². The first kappa shape index (κ1) is 18.7. The van der Waals surface area contributed by atoms with E-state index in [1.807, 2.05) is 38.1 Å². The number of amides is 1. The molecule has 0 aliphatic heterocycles. The molecule has 2 rings (SSSR count). The maximum atomic E-state index is 12.5. The van der Waals surface area contributed by atoms with Crippen LogP contribution in [0.1, 0.15) is 23.0 Å². The van der Waals surface area contributed by atoms with Crippen molar-refractivity contribution in [1.29, 1.82) is 0 Å². The van der Waals surface area contributed by atoms with Gasteiger partial charge in [0.1, 0.15) is 0 Å². The fraction of sp³-hybridized carbons (Fsp3) is 0.333. The molecular weight excluding hydrogens is 368 g/mol. The van der Waals surface area contributed by atoms with E-state index >= 15 is 0 Å². The normalized spacial score (nSPS) is 11.7. The van der Waals surface area contributed by atoms with E-state index in [9.17, 15) is 4.79 Å². The van der Waals surface area contributed by atoms with Gasteiger partial charge >= 0.3 is 0 Å². The predicted molar refractivity (Wildman–Crippen MR) is 93.9 cm³/mol. The summed E-state index contributed by atoms with van der Waals surface area (Å²) in [7, 11) is 1.76. The molecule has 0 fully saturated rings. The number of nitrogens with zero attached hydrogens (tertiary/aromatic N) is 3. The summed E-state index contributed by atoms with van der Waals surface area (Å²) >= 11 is 3.41. The van der Waals surface area contributed by atoms with Crippen LogP contribution in [0.2, 0.25) is 0 Å². The molecule has 2 N–H and O–H groups in total. The van der Waals surface area contributed by atoms with E-state index in [-0.39, 0.29) is 24.4 Å². The Morgan fingerprint density at radius 2 is 2.00 bits per heavy atom. The van der Waals surface area contributed by atoms with Crippen molar-refractivity contribution in [2.45, 2.75) is 19.9 Å². The lowest BCUT2D eigenvalue weighted by atomic mass is 10.2. The molecule has 1 amide bonds. The second-order valence-corrected chi connectivity index (χ2v) is 5.95. The molecule has 7 heteroatoms. The Balaban J connectivity index is 0.00000242. The Kier molecular flexibility index (Phi) is 6.59. The van der Waals surface area contributed by atoms with Gasteiger partial charge in [-0.25, -0.2) is 4.68 Å². The minimum absolute atomic E-state index is 0. The van der Waals surface area contributed by atoms with Gasteiger partial charge in [-0.3, -0.25) is 4.79 Å². The van der Waals surface area contributed by atoms with Crippen molar-refractivity contribution >= 4 is 34.2 Å². The lowest BCUT2D eigenvalue weighted by Crippen LogP contribution is -2.39. The number of benzene rings is 1. The SMILES string of the molecule is Cc1c(C(=O)N(C)C(C)CN)cnn1-c1ccc(Br)cc1.Cl. The van der Waals surface area contributed by atoms with Crippen molar-refractivity contribution in [1.82, 2.24) is 14.7 Å². The van der Waals surface area contributed by atoms with Crippen LogP contribution in [0.5, 0.6) is 0 Å². The van der Waals surface area contributed by atoms with E-state index in [0.717, 1.165) is 15.9 Å².